The number of hydrogen-bond acceptors (Lipinski definition) is 4. The Morgan fingerprint density at radius 3 is 2.42 bits per heavy atom. The number of nitrogens with two attached hydrogens (primary N) is 1. The molecule has 1 amide bonds. The number of amides is 1. The summed E-state index contributed by atoms with van der Waals surface area (Å²) < 4.78 is 0. The third-order valence-electron chi connectivity index (χ3n) is 2.49. The average molecular weight is 257 g/mol. The Balaban J connectivity index is 2.43. The van der Waals surface area contributed by atoms with Crippen molar-refractivity contribution >= 4 is 23.3 Å². The number of hydrogen-bond donors (Lipinski definition) is 3. The molecular formula is C13H11N3O3. The zero-order valence-corrected chi connectivity index (χ0v) is 9.83. The maximum atomic E-state index is 11.3. The number of carbonyl (C=O) groups is 2. The Morgan fingerprint density at radius 2 is 1.84 bits per heavy atom. The largest absolute Gasteiger partial charge is 0.478 e. The number of nitrogens with zero attached hydrogens (tertiary/aromatic N) is 1. The smallest absolute Gasteiger partial charge is 0.335 e. The first-order chi connectivity index (χ1) is 9.08. The highest BCUT2D eigenvalue weighted by molar-refractivity contribution is 6.01. The fourth-order valence-electron chi connectivity index (χ4n) is 1.59. The molecule has 0 saturated carbocycles. The molecule has 2 aromatic rings. The van der Waals surface area contributed by atoms with E-state index in [1.807, 2.05) is 0 Å². The van der Waals surface area contributed by atoms with Crippen LogP contribution < -0.4 is 11.1 Å². The molecule has 0 bridgehead atoms. The summed E-state index contributed by atoms with van der Waals surface area (Å²) >= 11 is 0. The zero-order chi connectivity index (χ0) is 13.8. The number of primary amides is 1. The molecule has 1 heterocycles. The minimum Gasteiger partial charge on any atom is -0.478 e. The lowest BCUT2D eigenvalue weighted by atomic mass is 10.1. The van der Waals surface area contributed by atoms with Crippen molar-refractivity contribution in [2.45, 2.75) is 0 Å². The van der Waals surface area contributed by atoms with Gasteiger partial charge in [-0.05, 0) is 30.3 Å². The van der Waals surface area contributed by atoms with Crippen LogP contribution in [0.5, 0.6) is 0 Å². The zero-order valence-electron chi connectivity index (χ0n) is 9.83. The molecule has 0 spiro atoms. The van der Waals surface area contributed by atoms with Gasteiger partial charge in [-0.2, -0.15) is 0 Å². The normalized spacial score (nSPS) is 9.89. The molecule has 0 radical (unpaired) electrons. The van der Waals surface area contributed by atoms with Gasteiger partial charge >= 0.3 is 5.97 Å². The number of nitrogens with one attached hydrogen (secondary N) is 1. The highest BCUT2D eigenvalue weighted by Gasteiger charge is 2.12. The second-order valence-corrected chi connectivity index (χ2v) is 3.79. The number of pyridine rings is 1. The van der Waals surface area contributed by atoms with E-state index >= 15 is 0 Å². The molecule has 0 unspecified atom stereocenters. The number of carboxylic acid groups (broad SMARTS) is 1. The van der Waals surface area contributed by atoms with Crippen molar-refractivity contribution in [3.05, 3.63) is 53.9 Å². The number of carbonyl (C=O) groups excluding carboxylic acids is 1. The van der Waals surface area contributed by atoms with Crippen LogP contribution >= 0.6 is 0 Å². The van der Waals surface area contributed by atoms with E-state index in [9.17, 15) is 9.59 Å². The standard InChI is InChI=1S/C13H11N3O3/c14-12(17)10-2-1-8(13(18)19)7-11(10)16-9-3-5-15-6-4-9/h1-7H,(H2,14,17)(H,15,16)(H,18,19). The van der Waals surface area contributed by atoms with Crippen LogP contribution in [0.1, 0.15) is 20.7 Å². The molecule has 96 valence electrons. The molecule has 4 N–H and O–H groups in total. The van der Waals surface area contributed by atoms with Crippen LogP contribution in [0.4, 0.5) is 11.4 Å². The first kappa shape index (κ1) is 12.6. The van der Waals surface area contributed by atoms with Gasteiger partial charge in [0.05, 0.1) is 16.8 Å². The van der Waals surface area contributed by atoms with Crippen molar-refractivity contribution in [1.82, 2.24) is 4.98 Å². The van der Waals surface area contributed by atoms with E-state index in [0.29, 0.717) is 11.4 Å². The van der Waals surface area contributed by atoms with Crippen molar-refractivity contribution in [2.24, 2.45) is 5.73 Å². The molecule has 0 atom stereocenters. The lowest BCUT2D eigenvalue weighted by Crippen LogP contribution is -2.14. The predicted octanol–water partition coefficient (Wildman–Crippen LogP) is 1.62. The maximum absolute atomic E-state index is 11.3. The van der Waals surface area contributed by atoms with Crippen LogP contribution in [0.3, 0.4) is 0 Å². The summed E-state index contributed by atoms with van der Waals surface area (Å²) in [5, 5.41) is 11.9. The van der Waals surface area contributed by atoms with Gasteiger partial charge in [-0.25, -0.2) is 4.79 Å². The molecule has 0 fully saturated rings. The van der Waals surface area contributed by atoms with Gasteiger partial charge in [0.1, 0.15) is 0 Å². The van der Waals surface area contributed by atoms with Gasteiger partial charge in [0.2, 0.25) is 0 Å². The molecule has 1 aromatic heterocycles. The van der Waals surface area contributed by atoms with Gasteiger partial charge in [0, 0.05) is 18.1 Å². The molecule has 19 heavy (non-hydrogen) atoms. The van der Waals surface area contributed by atoms with Crippen molar-refractivity contribution in [3.63, 3.8) is 0 Å². The van der Waals surface area contributed by atoms with Crippen LogP contribution in [0.2, 0.25) is 0 Å². The fraction of sp³-hybridized carbons (Fsp3) is 0. The number of aromatic carboxylic acids is 1. The fourth-order valence-corrected chi connectivity index (χ4v) is 1.59. The predicted molar refractivity (Wildman–Crippen MR) is 69.4 cm³/mol. The first-order valence-electron chi connectivity index (χ1n) is 5.42. The number of aromatic nitrogens is 1. The average Bonchev–Trinajstić information content (AvgIpc) is 2.39. The molecule has 6 heteroatoms. The Bertz CT molecular complexity index is 626. The van der Waals surface area contributed by atoms with Crippen molar-refractivity contribution in [3.8, 4) is 0 Å². The summed E-state index contributed by atoms with van der Waals surface area (Å²) in [6, 6.07) is 7.47. The Morgan fingerprint density at radius 1 is 1.16 bits per heavy atom. The minimum absolute atomic E-state index is 0.0709. The lowest BCUT2D eigenvalue weighted by Gasteiger charge is -2.10. The Labute approximate surface area is 108 Å². The molecule has 6 nitrogen and oxygen atoms in total. The SMILES string of the molecule is NC(=O)c1ccc(C(=O)O)cc1Nc1ccncc1. The van der Waals surface area contributed by atoms with Gasteiger partial charge < -0.3 is 16.2 Å². The van der Waals surface area contributed by atoms with Crippen molar-refractivity contribution < 1.29 is 14.7 Å². The molecule has 2 rings (SSSR count). The lowest BCUT2D eigenvalue weighted by molar-refractivity contribution is 0.0696. The van der Waals surface area contributed by atoms with E-state index in [1.54, 1.807) is 24.5 Å². The number of rotatable bonds is 4. The summed E-state index contributed by atoms with van der Waals surface area (Å²) in [6.45, 7) is 0. The summed E-state index contributed by atoms with van der Waals surface area (Å²) in [7, 11) is 0. The number of anilines is 2. The van der Waals surface area contributed by atoms with Gasteiger partial charge in [0.25, 0.3) is 5.91 Å². The summed E-state index contributed by atoms with van der Waals surface area (Å²) in [6.07, 6.45) is 3.15. The van der Waals surface area contributed by atoms with E-state index in [1.165, 1.54) is 18.2 Å². The van der Waals surface area contributed by atoms with Crippen LogP contribution in [-0.2, 0) is 0 Å². The Hall–Kier alpha value is -2.89. The first-order valence-corrected chi connectivity index (χ1v) is 5.42. The van der Waals surface area contributed by atoms with Crippen LogP contribution in [0.15, 0.2) is 42.7 Å². The van der Waals surface area contributed by atoms with E-state index < -0.39 is 11.9 Å². The number of benzene rings is 1. The quantitative estimate of drug-likeness (QED) is 0.771. The second kappa shape index (κ2) is 5.18. The van der Waals surface area contributed by atoms with E-state index in [4.69, 9.17) is 10.8 Å². The molecule has 0 aliphatic rings. The number of carboxylic acids is 1. The molecule has 0 aliphatic carbocycles. The minimum atomic E-state index is -1.08. The Kier molecular flexibility index (Phi) is 3.42. The van der Waals surface area contributed by atoms with Gasteiger partial charge in [-0.3, -0.25) is 9.78 Å². The second-order valence-electron chi connectivity index (χ2n) is 3.79. The van der Waals surface area contributed by atoms with Gasteiger partial charge in [0.15, 0.2) is 0 Å². The van der Waals surface area contributed by atoms with Crippen molar-refractivity contribution in [1.29, 1.82) is 0 Å². The van der Waals surface area contributed by atoms with Crippen LogP contribution in [0.25, 0.3) is 0 Å². The van der Waals surface area contributed by atoms with Gasteiger partial charge in [-0.15, -0.1) is 0 Å². The molecule has 0 saturated heterocycles. The highest BCUT2D eigenvalue weighted by atomic mass is 16.4. The molecule has 0 aliphatic heterocycles. The van der Waals surface area contributed by atoms with E-state index in [0.717, 1.165) is 0 Å². The third kappa shape index (κ3) is 2.86. The molecular weight excluding hydrogens is 246 g/mol. The van der Waals surface area contributed by atoms with Crippen molar-refractivity contribution in [2.75, 3.05) is 5.32 Å². The third-order valence-corrected chi connectivity index (χ3v) is 2.49. The summed E-state index contributed by atoms with van der Waals surface area (Å²) in [5.41, 5.74) is 6.58. The maximum Gasteiger partial charge on any atom is 0.335 e. The monoisotopic (exact) mass is 257 g/mol. The van der Waals surface area contributed by atoms with Crippen LogP contribution in [-0.4, -0.2) is 22.0 Å². The van der Waals surface area contributed by atoms with E-state index in [-0.39, 0.29) is 11.1 Å². The summed E-state index contributed by atoms with van der Waals surface area (Å²) in [5.74, 6) is -1.71. The van der Waals surface area contributed by atoms with Crippen LogP contribution in [0, 0.1) is 0 Å². The highest BCUT2D eigenvalue weighted by Crippen LogP contribution is 2.22. The topological polar surface area (TPSA) is 105 Å². The van der Waals surface area contributed by atoms with Gasteiger partial charge in [-0.1, -0.05) is 0 Å². The molecule has 1 aromatic carbocycles. The van der Waals surface area contributed by atoms with E-state index in [2.05, 4.69) is 10.3 Å². The summed E-state index contributed by atoms with van der Waals surface area (Å²) in [4.78, 5) is 26.1.